The van der Waals surface area contributed by atoms with Gasteiger partial charge in [-0.2, -0.15) is 0 Å². The largest absolute Gasteiger partial charge is 0.357 e. The third-order valence-electron chi connectivity index (χ3n) is 6.61. The number of anilines is 1. The highest BCUT2D eigenvalue weighted by atomic mass is 19.1. The molecule has 0 radical (unpaired) electrons. The van der Waals surface area contributed by atoms with Gasteiger partial charge in [-0.15, -0.1) is 0 Å². The second-order valence-electron chi connectivity index (χ2n) is 8.75. The number of rotatable bonds is 8. The van der Waals surface area contributed by atoms with Gasteiger partial charge in [-0.1, -0.05) is 25.1 Å². The maximum Gasteiger partial charge on any atom is 0.191 e. The van der Waals surface area contributed by atoms with Crippen LogP contribution in [0.3, 0.4) is 0 Å². The lowest BCUT2D eigenvalue weighted by atomic mass is 9.95. The topological polar surface area (TPSA) is 55.8 Å². The van der Waals surface area contributed by atoms with Crippen LogP contribution >= 0.6 is 0 Å². The van der Waals surface area contributed by atoms with E-state index >= 15 is 0 Å². The van der Waals surface area contributed by atoms with Gasteiger partial charge in [0.05, 0.1) is 6.54 Å². The first-order valence-electron chi connectivity index (χ1n) is 11.8. The van der Waals surface area contributed by atoms with E-state index in [2.05, 4.69) is 45.3 Å². The second kappa shape index (κ2) is 10.3. The predicted octanol–water partition coefficient (Wildman–Crippen LogP) is 3.15. The summed E-state index contributed by atoms with van der Waals surface area (Å²) < 4.78 is 14.3. The first-order chi connectivity index (χ1) is 15.6. The fourth-order valence-electron chi connectivity index (χ4n) is 4.37. The average Bonchev–Trinajstić information content (AvgIpc) is 3.62. The normalized spacial score (nSPS) is 18.5. The molecule has 2 heterocycles. The fourth-order valence-corrected chi connectivity index (χ4v) is 4.37. The Hall–Kier alpha value is -2.67. The number of nitrogens with zero attached hydrogens (tertiary/aromatic N) is 4. The van der Waals surface area contributed by atoms with Crippen molar-refractivity contribution in [2.45, 2.75) is 38.6 Å². The van der Waals surface area contributed by atoms with Crippen LogP contribution in [-0.2, 0) is 12.0 Å². The van der Waals surface area contributed by atoms with Gasteiger partial charge in [0.15, 0.2) is 5.96 Å². The van der Waals surface area contributed by atoms with Crippen LogP contribution < -0.4 is 15.5 Å². The van der Waals surface area contributed by atoms with Gasteiger partial charge in [0.25, 0.3) is 0 Å². The molecule has 0 spiro atoms. The number of benzene rings is 1. The number of hydrogen-bond acceptors (Lipinski definition) is 4. The van der Waals surface area contributed by atoms with E-state index in [1.54, 1.807) is 12.1 Å². The van der Waals surface area contributed by atoms with Gasteiger partial charge >= 0.3 is 0 Å². The van der Waals surface area contributed by atoms with Crippen molar-refractivity contribution in [3.63, 3.8) is 0 Å². The van der Waals surface area contributed by atoms with E-state index in [0.29, 0.717) is 13.1 Å². The van der Waals surface area contributed by atoms with Crippen LogP contribution in [0.5, 0.6) is 0 Å². The Morgan fingerprint density at radius 2 is 1.88 bits per heavy atom. The lowest BCUT2D eigenvalue weighted by molar-refractivity contribution is 0.270. The van der Waals surface area contributed by atoms with Gasteiger partial charge < -0.3 is 20.4 Å². The number of halogens is 1. The summed E-state index contributed by atoms with van der Waals surface area (Å²) in [7, 11) is 0. The molecule has 1 saturated carbocycles. The highest BCUT2D eigenvalue weighted by Crippen LogP contribution is 2.48. The molecule has 2 fully saturated rings. The zero-order valence-electron chi connectivity index (χ0n) is 19.3. The van der Waals surface area contributed by atoms with Crippen LogP contribution in [-0.4, -0.2) is 61.7 Å². The molecule has 1 aliphatic carbocycles. The molecule has 4 rings (SSSR count). The van der Waals surface area contributed by atoms with Crippen molar-refractivity contribution in [1.82, 2.24) is 20.5 Å². The molecule has 2 aromatic rings. The number of hydrogen-bond donors (Lipinski definition) is 2. The van der Waals surface area contributed by atoms with Gasteiger partial charge in [0.1, 0.15) is 11.6 Å². The fraction of sp³-hybridized carbons (Fsp3) is 0.520. The minimum absolute atomic E-state index is 0.113. The van der Waals surface area contributed by atoms with Crippen molar-refractivity contribution in [2.24, 2.45) is 4.99 Å². The minimum atomic E-state index is -0.119. The summed E-state index contributed by atoms with van der Waals surface area (Å²) in [6.45, 7) is 11.6. The number of likely N-dealkylation sites (N-methyl/N-ethyl adjacent to an activating group) is 1. The number of aromatic nitrogens is 1. The average molecular weight is 439 g/mol. The predicted molar refractivity (Wildman–Crippen MR) is 129 cm³/mol. The van der Waals surface area contributed by atoms with E-state index in [0.717, 1.165) is 75.0 Å². The Bertz CT molecular complexity index is 918. The lowest BCUT2D eigenvalue weighted by Gasteiger charge is -2.34. The maximum absolute atomic E-state index is 14.3. The molecule has 0 bridgehead atoms. The molecule has 7 heteroatoms. The molecule has 6 nitrogen and oxygen atoms in total. The van der Waals surface area contributed by atoms with Crippen LogP contribution in [0.2, 0.25) is 0 Å². The lowest BCUT2D eigenvalue weighted by Crippen LogP contribution is -2.46. The van der Waals surface area contributed by atoms with E-state index in [-0.39, 0.29) is 11.2 Å². The van der Waals surface area contributed by atoms with Crippen molar-refractivity contribution in [3.8, 4) is 0 Å². The Balaban J connectivity index is 1.38. The summed E-state index contributed by atoms with van der Waals surface area (Å²) in [6, 6.07) is 11.3. The Labute approximate surface area is 190 Å². The first kappa shape index (κ1) is 22.5. The zero-order chi connectivity index (χ0) is 22.4. The SMILES string of the molecule is CCNC(=NCc1ccnc(N2CCN(CC)CC2)c1)NCC1(c2ccccc2F)CC1. The highest BCUT2D eigenvalue weighted by molar-refractivity contribution is 5.80. The highest BCUT2D eigenvalue weighted by Gasteiger charge is 2.45. The molecule has 1 aromatic carbocycles. The Kier molecular flexibility index (Phi) is 7.25. The molecule has 32 heavy (non-hydrogen) atoms. The summed E-state index contributed by atoms with van der Waals surface area (Å²) in [5, 5.41) is 6.77. The summed E-state index contributed by atoms with van der Waals surface area (Å²) in [6.07, 6.45) is 3.88. The van der Waals surface area contributed by atoms with Crippen LogP contribution in [0.15, 0.2) is 47.6 Å². The summed E-state index contributed by atoms with van der Waals surface area (Å²) >= 11 is 0. The molecule has 2 N–H and O–H groups in total. The number of guanidine groups is 1. The minimum Gasteiger partial charge on any atom is -0.357 e. The molecule has 0 atom stereocenters. The van der Waals surface area contributed by atoms with Crippen molar-refractivity contribution >= 4 is 11.8 Å². The van der Waals surface area contributed by atoms with E-state index < -0.39 is 0 Å². The molecule has 0 amide bonds. The molecular formula is C25H35FN6. The van der Waals surface area contributed by atoms with Crippen molar-refractivity contribution in [3.05, 3.63) is 59.5 Å². The number of nitrogens with one attached hydrogen (secondary N) is 2. The van der Waals surface area contributed by atoms with E-state index in [1.165, 1.54) is 0 Å². The Morgan fingerprint density at radius 3 is 2.56 bits per heavy atom. The number of aliphatic imine (C=N–C) groups is 1. The van der Waals surface area contributed by atoms with E-state index in [1.807, 2.05) is 24.4 Å². The zero-order valence-corrected chi connectivity index (χ0v) is 19.3. The van der Waals surface area contributed by atoms with Crippen molar-refractivity contribution < 1.29 is 4.39 Å². The molecule has 0 unspecified atom stereocenters. The number of pyridine rings is 1. The van der Waals surface area contributed by atoms with Crippen LogP contribution in [0.25, 0.3) is 0 Å². The van der Waals surface area contributed by atoms with Gasteiger partial charge in [0, 0.05) is 50.9 Å². The van der Waals surface area contributed by atoms with Gasteiger partial charge in [0.2, 0.25) is 0 Å². The van der Waals surface area contributed by atoms with Crippen molar-refractivity contribution in [2.75, 3.05) is 50.7 Å². The molecular weight excluding hydrogens is 403 g/mol. The number of piperazine rings is 1. The van der Waals surface area contributed by atoms with Crippen LogP contribution in [0.1, 0.15) is 37.8 Å². The molecule has 2 aliphatic rings. The molecule has 1 aliphatic heterocycles. The maximum atomic E-state index is 14.3. The van der Waals surface area contributed by atoms with Gasteiger partial charge in [-0.25, -0.2) is 14.4 Å². The molecule has 1 aromatic heterocycles. The molecule has 172 valence electrons. The van der Waals surface area contributed by atoms with Gasteiger partial charge in [-0.05, 0) is 55.6 Å². The van der Waals surface area contributed by atoms with Gasteiger partial charge in [-0.3, -0.25) is 0 Å². The monoisotopic (exact) mass is 438 g/mol. The summed E-state index contributed by atoms with van der Waals surface area (Å²) in [4.78, 5) is 14.2. The van der Waals surface area contributed by atoms with E-state index in [4.69, 9.17) is 4.99 Å². The van der Waals surface area contributed by atoms with Crippen LogP contribution in [0, 0.1) is 5.82 Å². The third kappa shape index (κ3) is 5.38. The second-order valence-corrected chi connectivity index (χ2v) is 8.75. The first-order valence-corrected chi connectivity index (χ1v) is 11.8. The van der Waals surface area contributed by atoms with Crippen LogP contribution in [0.4, 0.5) is 10.2 Å². The standard InChI is InChI=1S/C25H35FN6/c1-3-27-24(30-19-25(10-11-25)21-7-5-6-8-22(21)26)29-18-20-9-12-28-23(17-20)32-15-13-31(4-2)14-16-32/h5-9,12,17H,3-4,10-11,13-16,18-19H2,1-2H3,(H2,27,29,30). The van der Waals surface area contributed by atoms with E-state index in [9.17, 15) is 4.39 Å². The summed E-state index contributed by atoms with van der Waals surface area (Å²) in [5.74, 6) is 1.69. The molecule has 1 saturated heterocycles. The third-order valence-corrected chi connectivity index (χ3v) is 6.61. The quantitative estimate of drug-likeness (QED) is 0.490. The smallest absolute Gasteiger partial charge is 0.191 e. The Morgan fingerprint density at radius 1 is 1.09 bits per heavy atom. The van der Waals surface area contributed by atoms with Crippen molar-refractivity contribution in [1.29, 1.82) is 0 Å². The summed E-state index contributed by atoms with van der Waals surface area (Å²) in [5.41, 5.74) is 1.83.